The van der Waals surface area contributed by atoms with Gasteiger partial charge < -0.3 is 5.32 Å². The number of hydrogen-bond donors (Lipinski definition) is 1. The van der Waals surface area contributed by atoms with Crippen LogP contribution in [-0.2, 0) is 4.79 Å². The van der Waals surface area contributed by atoms with Crippen molar-refractivity contribution in [2.24, 2.45) is 5.92 Å². The number of halogens is 1. The van der Waals surface area contributed by atoms with Gasteiger partial charge in [0.25, 0.3) is 0 Å². The van der Waals surface area contributed by atoms with Gasteiger partial charge in [-0.2, -0.15) is 0 Å². The van der Waals surface area contributed by atoms with Crippen molar-refractivity contribution in [2.45, 2.75) is 32.1 Å². The van der Waals surface area contributed by atoms with Crippen molar-refractivity contribution in [1.29, 1.82) is 0 Å². The van der Waals surface area contributed by atoms with E-state index in [4.69, 9.17) is 11.6 Å². The first-order chi connectivity index (χ1) is 7.75. The van der Waals surface area contributed by atoms with Crippen LogP contribution < -0.4 is 5.32 Å². The van der Waals surface area contributed by atoms with Gasteiger partial charge in [0, 0.05) is 16.6 Å². The lowest BCUT2D eigenvalue weighted by Crippen LogP contribution is -2.24. The second kappa shape index (κ2) is 5.35. The van der Waals surface area contributed by atoms with E-state index < -0.39 is 0 Å². The molecule has 0 radical (unpaired) electrons. The minimum absolute atomic E-state index is 0.155. The molecule has 0 atom stereocenters. The lowest BCUT2D eigenvalue weighted by atomic mass is 9.88. The molecule has 1 aromatic rings. The third kappa shape index (κ3) is 2.99. The first kappa shape index (κ1) is 11.5. The Morgan fingerprint density at radius 1 is 1.12 bits per heavy atom. The SMILES string of the molecule is O=C(Nc1ccc(Cl)cc1)C1CCCCC1. The van der Waals surface area contributed by atoms with Crippen LogP contribution in [0.25, 0.3) is 0 Å². The Hall–Kier alpha value is -1.02. The van der Waals surface area contributed by atoms with Crippen LogP contribution in [0.1, 0.15) is 32.1 Å². The molecule has 16 heavy (non-hydrogen) atoms. The van der Waals surface area contributed by atoms with Crippen molar-refractivity contribution in [3.05, 3.63) is 29.3 Å². The summed E-state index contributed by atoms with van der Waals surface area (Å²) in [4.78, 5) is 11.9. The monoisotopic (exact) mass is 237 g/mol. The number of rotatable bonds is 2. The highest BCUT2D eigenvalue weighted by molar-refractivity contribution is 6.30. The van der Waals surface area contributed by atoms with Gasteiger partial charge in [0.1, 0.15) is 0 Å². The maximum atomic E-state index is 11.9. The van der Waals surface area contributed by atoms with Crippen LogP contribution in [0.15, 0.2) is 24.3 Å². The number of carbonyl (C=O) groups excluding carboxylic acids is 1. The van der Waals surface area contributed by atoms with E-state index in [2.05, 4.69) is 5.32 Å². The maximum Gasteiger partial charge on any atom is 0.227 e. The summed E-state index contributed by atoms with van der Waals surface area (Å²) in [6.45, 7) is 0. The van der Waals surface area contributed by atoms with E-state index in [0.29, 0.717) is 5.02 Å². The van der Waals surface area contributed by atoms with E-state index >= 15 is 0 Å². The Bertz CT molecular complexity index is 355. The molecule has 1 N–H and O–H groups in total. The average molecular weight is 238 g/mol. The third-order valence-electron chi connectivity index (χ3n) is 3.09. The van der Waals surface area contributed by atoms with Gasteiger partial charge >= 0.3 is 0 Å². The first-order valence-corrected chi connectivity index (χ1v) is 6.20. The Morgan fingerprint density at radius 2 is 1.75 bits per heavy atom. The molecular weight excluding hydrogens is 222 g/mol. The summed E-state index contributed by atoms with van der Waals surface area (Å²) >= 11 is 5.78. The van der Waals surface area contributed by atoms with Crippen molar-refractivity contribution in [2.75, 3.05) is 5.32 Å². The zero-order valence-corrected chi connectivity index (χ0v) is 9.96. The zero-order valence-electron chi connectivity index (χ0n) is 9.21. The normalized spacial score (nSPS) is 17.1. The Balaban J connectivity index is 1.93. The molecule has 1 aliphatic carbocycles. The van der Waals surface area contributed by atoms with Gasteiger partial charge in [-0.25, -0.2) is 0 Å². The number of nitrogens with one attached hydrogen (secondary N) is 1. The zero-order chi connectivity index (χ0) is 11.4. The molecular formula is C13H16ClNO. The fourth-order valence-electron chi connectivity index (χ4n) is 2.14. The maximum absolute atomic E-state index is 11.9. The molecule has 0 aliphatic heterocycles. The topological polar surface area (TPSA) is 29.1 Å². The van der Waals surface area contributed by atoms with Crippen molar-refractivity contribution in [3.63, 3.8) is 0 Å². The smallest absolute Gasteiger partial charge is 0.227 e. The number of carbonyl (C=O) groups is 1. The summed E-state index contributed by atoms with van der Waals surface area (Å²) in [6.07, 6.45) is 5.68. The minimum Gasteiger partial charge on any atom is -0.326 e. The highest BCUT2D eigenvalue weighted by Crippen LogP contribution is 2.25. The molecule has 0 heterocycles. The molecule has 0 aromatic heterocycles. The Labute approximate surface area is 101 Å². The van der Waals surface area contributed by atoms with Crippen LogP contribution in [0.2, 0.25) is 5.02 Å². The van der Waals surface area contributed by atoms with Gasteiger partial charge in [-0.3, -0.25) is 4.79 Å². The molecule has 0 spiro atoms. The van der Waals surface area contributed by atoms with Crippen molar-refractivity contribution in [3.8, 4) is 0 Å². The number of hydrogen-bond acceptors (Lipinski definition) is 1. The van der Waals surface area contributed by atoms with E-state index in [1.807, 2.05) is 12.1 Å². The van der Waals surface area contributed by atoms with Crippen LogP contribution >= 0.6 is 11.6 Å². The van der Waals surface area contributed by atoms with Crippen LogP contribution in [0.4, 0.5) is 5.69 Å². The lowest BCUT2D eigenvalue weighted by Gasteiger charge is -2.20. The van der Waals surface area contributed by atoms with Crippen molar-refractivity contribution in [1.82, 2.24) is 0 Å². The van der Waals surface area contributed by atoms with Crippen molar-refractivity contribution >= 4 is 23.2 Å². The minimum atomic E-state index is 0.155. The molecule has 1 fully saturated rings. The summed E-state index contributed by atoms with van der Waals surface area (Å²) in [7, 11) is 0. The average Bonchev–Trinajstić information content (AvgIpc) is 2.33. The highest BCUT2D eigenvalue weighted by atomic mass is 35.5. The second-order valence-electron chi connectivity index (χ2n) is 4.33. The summed E-state index contributed by atoms with van der Waals surface area (Å²) in [5, 5.41) is 3.63. The highest BCUT2D eigenvalue weighted by Gasteiger charge is 2.20. The Kier molecular flexibility index (Phi) is 3.83. The number of benzene rings is 1. The van der Waals surface area contributed by atoms with E-state index in [0.717, 1.165) is 18.5 Å². The van der Waals surface area contributed by atoms with E-state index in [9.17, 15) is 4.79 Å². The van der Waals surface area contributed by atoms with Gasteiger partial charge in [-0.1, -0.05) is 30.9 Å². The number of amides is 1. The summed E-state index contributed by atoms with van der Waals surface area (Å²) < 4.78 is 0. The fourth-order valence-corrected chi connectivity index (χ4v) is 2.27. The van der Waals surface area contributed by atoms with Gasteiger partial charge in [0.15, 0.2) is 0 Å². The standard InChI is InChI=1S/C13H16ClNO/c14-11-6-8-12(9-7-11)15-13(16)10-4-2-1-3-5-10/h6-10H,1-5H2,(H,15,16). The van der Waals surface area contributed by atoms with Gasteiger partial charge in [-0.05, 0) is 37.1 Å². The van der Waals surface area contributed by atoms with Gasteiger partial charge in [0.05, 0.1) is 0 Å². The fraction of sp³-hybridized carbons (Fsp3) is 0.462. The van der Waals surface area contributed by atoms with E-state index in [-0.39, 0.29) is 11.8 Å². The molecule has 1 amide bonds. The molecule has 0 saturated heterocycles. The Morgan fingerprint density at radius 3 is 2.38 bits per heavy atom. The van der Waals surface area contributed by atoms with Crippen LogP contribution in [0.5, 0.6) is 0 Å². The van der Waals surface area contributed by atoms with Crippen LogP contribution in [0.3, 0.4) is 0 Å². The molecule has 2 nitrogen and oxygen atoms in total. The molecule has 0 bridgehead atoms. The quantitative estimate of drug-likeness (QED) is 0.832. The van der Waals surface area contributed by atoms with Gasteiger partial charge in [0.2, 0.25) is 5.91 Å². The summed E-state index contributed by atoms with van der Waals surface area (Å²) in [6, 6.07) is 7.25. The lowest BCUT2D eigenvalue weighted by molar-refractivity contribution is -0.120. The molecule has 0 unspecified atom stereocenters. The molecule has 2 rings (SSSR count). The van der Waals surface area contributed by atoms with Crippen molar-refractivity contribution < 1.29 is 4.79 Å². The largest absolute Gasteiger partial charge is 0.326 e. The predicted molar refractivity (Wildman–Crippen MR) is 66.7 cm³/mol. The molecule has 3 heteroatoms. The predicted octanol–water partition coefficient (Wildman–Crippen LogP) is 3.86. The number of anilines is 1. The molecule has 1 aromatic carbocycles. The van der Waals surface area contributed by atoms with Crippen LogP contribution in [-0.4, -0.2) is 5.91 Å². The van der Waals surface area contributed by atoms with Gasteiger partial charge in [-0.15, -0.1) is 0 Å². The third-order valence-corrected chi connectivity index (χ3v) is 3.34. The summed E-state index contributed by atoms with van der Waals surface area (Å²) in [5.74, 6) is 0.353. The molecule has 1 aliphatic rings. The first-order valence-electron chi connectivity index (χ1n) is 5.82. The van der Waals surface area contributed by atoms with E-state index in [1.54, 1.807) is 12.1 Å². The molecule has 86 valence electrons. The molecule has 1 saturated carbocycles. The van der Waals surface area contributed by atoms with E-state index in [1.165, 1.54) is 19.3 Å². The second-order valence-corrected chi connectivity index (χ2v) is 4.77. The van der Waals surface area contributed by atoms with Crippen LogP contribution in [0, 0.1) is 5.92 Å². The summed E-state index contributed by atoms with van der Waals surface area (Å²) in [5.41, 5.74) is 0.833.